The summed E-state index contributed by atoms with van der Waals surface area (Å²) in [6.45, 7) is 0.693. The molecule has 1 aliphatic heterocycles. The fraction of sp³-hybridized carbons (Fsp3) is 0.625. The maximum atomic E-state index is 12.7. The topological polar surface area (TPSA) is 63.4 Å². The average molecular weight is 308 g/mol. The van der Waals surface area contributed by atoms with E-state index >= 15 is 0 Å². The minimum Gasteiger partial charge on any atom is -0.399 e. The number of rotatable bonds is 4. The number of anilines is 1. The Morgan fingerprint density at radius 2 is 1.71 bits per heavy atom. The molecule has 1 heterocycles. The van der Waals surface area contributed by atoms with Gasteiger partial charge in [-0.2, -0.15) is 4.31 Å². The second-order valence-corrected chi connectivity index (χ2v) is 8.28. The van der Waals surface area contributed by atoms with Gasteiger partial charge in [-0.05, 0) is 49.3 Å². The van der Waals surface area contributed by atoms with E-state index in [0.29, 0.717) is 18.2 Å². The number of benzene rings is 1. The zero-order valence-corrected chi connectivity index (χ0v) is 13.2. The molecule has 2 fully saturated rings. The third-order valence-corrected chi connectivity index (χ3v) is 6.74. The minimum atomic E-state index is -3.22. The molecule has 1 saturated heterocycles. The highest BCUT2D eigenvalue weighted by atomic mass is 32.2. The lowest BCUT2D eigenvalue weighted by Gasteiger charge is -2.28. The molecule has 0 bridgehead atoms. The lowest BCUT2D eigenvalue weighted by atomic mass is 9.97. The molecule has 2 aliphatic rings. The number of hydrogen-bond donors (Lipinski definition) is 1. The van der Waals surface area contributed by atoms with E-state index in [4.69, 9.17) is 5.73 Å². The van der Waals surface area contributed by atoms with Crippen LogP contribution in [0.1, 0.15) is 44.1 Å². The third kappa shape index (κ3) is 3.24. The molecular formula is C16H24N2O2S. The highest BCUT2D eigenvalue weighted by molar-refractivity contribution is 7.88. The Bertz CT molecular complexity index is 577. The van der Waals surface area contributed by atoms with E-state index in [1.165, 1.54) is 25.7 Å². The predicted molar refractivity (Wildman–Crippen MR) is 85.2 cm³/mol. The molecule has 21 heavy (non-hydrogen) atoms. The van der Waals surface area contributed by atoms with Crippen molar-refractivity contribution in [2.75, 3.05) is 12.3 Å². The maximum absolute atomic E-state index is 12.7. The Morgan fingerprint density at radius 3 is 2.38 bits per heavy atom. The van der Waals surface area contributed by atoms with Crippen LogP contribution in [0, 0.1) is 5.92 Å². The molecule has 3 rings (SSSR count). The second-order valence-electron chi connectivity index (χ2n) is 6.36. The summed E-state index contributed by atoms with van der Waals surface area (Å²) in [7, 11) is -3.22. The Kier molecular flexibility index (Phi) is 4.22. The van der Waals surface area contributed by atoms with Gasteiger partial charge < -0.3 is 5.73 Å². The smallest absolute Gasteiger partial charge is 0.218 e. The maximum Gasteiger partial charge on any atom is 0.218 e. The van der Waals surface area contributed by atoms with Crippen molar-refractivity contribution in [2.45, 2.75) is 50.3 Å². The molecule has 1 atom stereocenters. The molecule has 116 valence electrons. The largest absolute Gasteiger partial charge is 0.399 e. The van der Waals surface area contributed by atoms with Gasteiger partial charge in [0.2, 0.25) is 10.0 Å². The standard InChI is InChI=1S/C16H24N2O2S/c17-15-9-7-13(8-10-15)12-21(19,20)18-11-3-6-16(18)14-4-1-2-5-14/h7-10,14,16H,1-6,11-12,17H2. The summed E-state index contributed by atoms with van der Waals surface area (Å²) in [6, 6.07) is 7.40. The van der Waals surface area contributed by atoms with Crippen molar-refractivity contribution in [1.82, 2.24) is 4.31 Å². The highest BCUT2D eigenvalue weighted by Crippen LogP contribution is 2.37. The van der Waals surface area contributed by atoms with Crippen LogP contribution < -0.4 is 5.73 Å². The van der Waals surface area contributed by atoms with Gasteiger partial charge in [-0.25, -0.2) is 8.42 Å². The van der Waals surface area contributed by atoms with Gasteiger partial charge in [0.25, 0.3) is 0 Å². The molecule has 1 unspecified atom stereocenters. The lowest BCUT2D eigenvalue weighted by Crippen LogP contribution is -2.40. The summed E-state index contributed by atoms with van der Waals surface area (Å²) >= 11 is 0. The van der Waals surface area contributed by atoms with Gasteiger partial charge in [0, 0.05) is 18.3 Å². The van der Waals surface area contributed by atoms with E-state index in [9.17, 15) is 8.42 Å². The van der Waals surface area contributed by atoms with Crippen LogP contribution in [0.5, 0.6) is 0 Å². The van der Waals surface area contributed by atoms with Crippen LogP contribution in [0.3, 0.4) is 0 Å². The number of sulfonamides is 1. The molecule has 4 nitrogen and oxygen atoms in total. The molecule has 1 saturated carbocycles. The van der Waals surface area contributed by atoms with Crippen molar-refractivity contribution in [3.05, 3.63) is 29.8 Å². The number of nitrogens with zero attached hydrogens (tertiary/aromatic N) is 1. The average Bonchev–Trinajstić information content (AvgIpc) is 3.11. The van der Waals surface area contributed by atoms with Gasteiger partial charge in [0.05, 0.1) is 5.75 Å². The van der Waals surface area contributed by atoms with Crippen LogP contribution in [-0.4, -0.2) is 25.3 Å². The zero-order chi connectivity index (χ0) is 14.9. The van der Waals surface area contributed by atoms with Crippen molar-refractivity contribution in [3.63, 3.8) is 0 Å². The normalized spacial score (nSPS) is 24.7. The first-order chi connectivity index (χ1) is 10.1. The summed E-state index contributed by atoms with van der Waals surface area (Å²) in [6.07, 6.45) is 6.94. The first-order valence-electron chi connectivity index (χ1n) is 7.90. The molecule has 0 radical (unpaired) electrons. The van der Waals surface area contributed by atoms with Crippen LogP contribution in [0.15, 0.2) is 24.3 Å². The third-order valence-electron chi connectivity index (χ3n) is 4.88. The fourth-order valence-corrected chi connectivity index (χ4v) is 5.71. The monoisotopic (exact) mass is 308 g/mol. The van der Waals surface area contributed by atoms with Gasteiger partial charge in [-0.1, -0.05) is 25.0 Å². The molecule has 2 N–H and O–H groups in total. The van der Waals surface area contributed by atoms with E-state index in [0.717, 1.165) is 18.4 Å². The fourth-order valence-electron chi connectivity index (χ4n) is 3.83. The molecule has 0 aromatic heterocycles. The van der Waals surface area contributed by atoms with Crippen LogP contribution >= 0.6 is 0 Å². The van der Waals surface area contributed by atoms with E-state index in [2.05, 4.69) is 0 Å². The van der Waals surface area contributed by atoms with Gasteiger partial charge in [0.1, 0.15) is 0 Å². The molecular weight excluding hydrogens is 284 g/mol. The summed E-state index contributed by atoms with van der Waals surface area (Å²) in [5, 5.41) is 0. The number of nitrogens with two attached hydrogens (primary N) is 1. The predicted octanol–water partition coefficient (Wildman–Crippen LogP) is 2.75. The van der Waals surface area contributed by atoms with Crippen molar-refractivity contribution in [3.8, 4) is 0 Å². The number of hydrogen-bond acceptors (Lipinski definition) is 3. The van der Waals surface area contributed by atoms with Crippen molar-refractivity contribution in [2.24, 2.45) is 5.92 Å². The highest BCUT2D eigenvalue weighted by Gasteiger charge is 2.39. The first kappa shape index (κ1) is 14.9. The summed E-state index contributed by atoms with van der Waals surface area (Å²) < 4.78 is 27.3. The number of nitrogen functional groups attached to an aromatic ring is 1. The zero-order valence-electron chi connectivity index (χ0n) is 12.4. The molecule has 1 aliphatic carbocycles. The SMILES string of the molecule is Nc1ccc(CS(=O)(=O)N2CCCC2C2CCCC2)cc1. The van der Waals surface area contributed by atoms with Gasteiger partial charge >= 0.3 is 0 Å². The van der Waals surface area contributed by atoms with Gasteiger partial charge in [0.15, 0.2) is 0 Å². The van der Waals surface area contributed by atoms with Crippen LogP contribution in [0.25, 0.3) is 0 Å². The summed E-state index contributed by atoms with van der Waals surface area (Å²) in [5.74, 6) is 0.671. The van der Waals surface area contributed by atoms with Crippen molar-refractivity contribution < 1.29 is 8.42 Å². The van der Waals surface area contributed by atoms with Gasteiger partial charge in [-0.3, -0.25) is 0 Å². The molecule has 1 aromatic rings. The van der Waals surface area contributed by atoms with Crippen molar-refractivity contribution >= 4 is 15.7 Å². The van der Waals surface area contributed by atoms with E-state index in [-0.39, 0.29) is 11.8 Å². The quantitative estimate of drug-likeness (QED) is 0.870. The Labute approximate surface area is 127 Å². The molecule has 5 heteroatoms. The Morgan fingerprint density at radius 1 is 1.05 bits per heavy atom. The Balaban J connectivity index is 1.75. The van der Waals surface area contributed by atoms with Gasteiger partial charge in [-0.15, -0.1) is 0 Å². The van der Waals surface area contributed by atoms with Crippen LogP contribution in [0.4, 0.5) is 5.69 Å². The van der Waals surface area contributed by atoms with Crippen LogP contribution in [0.2, 0.25) is 0 Å². The van der Waals surface area contributed by atoms with Crippen molar-refractivity contribution in [1.29, 1.82) is 0 Å². The first-order valence-corrected chi connectivity index (χ1v) is 9.51. The summed E-state index contributed by atoms with van der Waals surface area (Å²) in [4.78, 5) is 0. The molecule has 0 amide bonds. The minimum absolute atomic E-state index is 0.0938. The lowest BCUT2D eigenvalue weighted by molar-refractivity contribution is 0.288. The summed E-state index contributed by atoms with van der Waals surface area (Å²) in [5.41, 5.74) is 7.15. The second kappa shape index (κ2) is 5.97. The van der Waals surface area contributed by atoms with Crippen LogP contribution in [-0.2, 0) is 15.8 Å². The molecule has 1 aromatic carbocycles. The Hall–Kier alpha value is -1.07. The van der Waals surface area contributed by atoms with E-state index < -0.39 is 10.0 Å². The van der Waals surface area contributed by atoms with E-state index in [1.54, 1.807) is 16.4 Å². The van der Waals surface area contributed by atoms with E-state index in [1.807, 2.05) is 12.1 Å². The molecule has 0 spiro atoms.